The van der Waals surface area contributed by atoms with Gasteiger partial charge < -0.3 is 14.5 Å². The summed E-state index contributed by atoms with van der Waals surface area (Å²) in [7, 11) is 1.41. The van der Waals surface area contributed by atoms with Gasteiger partial charge in [-0.3, -0.25) is 14.8 Å². The largest absolute Gasteiger partial charge is 0.467 e. The minimum atomic E-state index is -0.996. The van der Waals surface area contributed by atoms with Crippen LogP contribution in [0.25, 0.3) is 32.9 Å². The fourth-order valence-corrected chi connectivity index (χ4v) is 4.44. The summed E-state index contributed by atoms with van der Waals surface area (Å²) in [6, 6.07) is 5.81. The fraction of sp³-hybridized carbons (Fsp3) is 0.240. The van der Waals surface area contributed by atoms with Crippen LogP contribution in [0.5, 0.6) is 6.01 Å². The third-order valence-electron chi connectivity index (χ3n) is 6.17. The smallest absolute Gasteiger partial charge is 0.318 e. The average molecular weight is 476 g/mol. The zero-order valence-corrected chi connectivity index (χ0v) is 19.3. The molecule has 1 amide bonds. The van der Waals surface area contributed by atoms with Crippen molar-refractivity contribution in [2.24, 2.45) is 0 Å². The van der Waals surface area contributed by atoms with Crippen molar-refractivity contribution in [3.63, 3.8) is 0 Å². The van der Waals surface area contributed by atoms with Gasteiger partial charge in [0.15, 0.2) is 11.6 Å². The molecule has 1 fully saturated rings. The predicted molar refractivity (Wildman–Crippen MR) is 128 cm³/mol. The highest BCUT2D eigenvalue weighted by atomic mass is 19.1. The van der Waals surface area contributed by atoms with Gasteiger partial charge in [-0.2, -0.15) is 9.97 Å². The van der Waals surface area contributed by atoms with Crippen molar-refractivity contribution in [3.8, 4) is 17.3 Å². The number of rotatable bonds is 4. The highest BCUT2D eigenvalue weighted by Gasteiger charge is 2.27. The zero-order valence-electron chi connectivity index (χ0n) is 19.3. The Balaban J connectivity index is 1.60. The molecule has 0 N–H and O–H groups in total. The van der Waals surface area contributed by atoms with Crippen LogP contribution >= 0.6 is 0 Å². The highest BCUT2D eigenvalue weighted by Crippen LogP contribution is 2.35. The quantitative estimate of drug-likeness (QED) is 0.414. The van der Waals surface area contributed by atoms with Crippen LogP contribution in [-0.2, 0) is 4.79 Å². The first-order chi connectivity index (χ1) is 16.9. The molecule has 3 aromatic heterocycles. The van der Waals surface area contributed by atoms with Gasteiger partial charge in [-0.15, -0.1) is 0 Å². The topological polar surface area (TPSA) is 84.3 Å². The Morgan fingerprint density at radius 2 is 1.89 bits per heavy atom. The Morgan fingerprint density at radius 1 is 1.11 bits per heavy atom. The molecule has 0 aliphatic carbocycles. The molecule has 0 saturated carbocycles. The van der Waals surface area contributed by atoms with Gasteiger partial charge in [-0.05, 0) is 17.9 Å². The van der Waals surface area contributed by atoms with Crippen molar-refractivity contribution >= 4 is 33.4 Å². The fourth-order valence-electron chi connectivity index (χ4n) is 4.44. The first-order valence-corrected chi connectivity index (χ1v) is 11.0. The summed E-state index contributed by atoms with van der Waals surface area (Å²) in [4.78, 5) is 32.6. The number of aromatic nitrogens is 4. The number of hydrogen-bond donors (Lipinski definition) is 0. The second-order valence-electron chi connectivity index (χ2n) is 8.26. The van der Waals surface area contributed by atoms with E-state index in [-0.39, 0.29) is 30.3 Å². The van der Waals surface area contributed by atoms with Gasteiger partial charge in [0.1, 0.15) is 17.0 Å². The van der Waals surface area contributed by atoms with Gasteiger partial charge in [-0.25, -0.2) is 8.78 Å². The lowest BCUT2D eigenvalue weighted by Crippen LogP contribution is -2.49. The van der Waals surface area contributed by atoms with Gasteiger partial charge >= 0.3 is 6.01 Å². The number of aryl methyl sites for hydroxylation is 1. The molecule has 1 aliphatic rings. The molecule has 4 aromatic rings. The van der Waals surface area contributed by atoms with Crippen molar-refractivity contribution in [1.82, 2.24) is 24.8 Å². The molecule has 0 unspecified atom stereocenters. The number of carbonyl (C=O) groups excluding carboxylic acids is 1. The van der Waals surface area contributed by atoms with Crippen LogP contribution in [0.15, 0.2) is 49.2 Å². The first-order valence-electron chi connectivity index (χ1n) is 11.0. The van der Waals surface area contributed by atoms with E-state index in [1.807, 2.05) is 30.0 Å². The predicted octanol–water partition coefficient (Wildman–Crippen LogP) is 3.83. The molecule has 0 bridgehead atoms. The van der Waals surface area contributed by atoms with E-state index in [0.29, 0.717) is 29.9 Å². The average Bonchev–Trinajstić information content (AvgIpc) is 2.88. The molecule has 10 heteroatoms. The lowest BCUT2D eigenvalue weighted by molar-refractivity contribution is -0.128. The van der Waals surface area contributed by atoms with Crippen molar-refractivity contribution in [3.05, 3.63) is 60.6 Å². The number of hydrogen-bond acceptors (Lipinski definition) is 7. The van der Waals surface area contributed by atoms with Gasteiger partial charge in [0.2, 0.25) is 0 Å². The molecular formula is C25H22F2N6O2. The van der Waals surface area contributed by atoms with Crippen LogP contribution in [0.2, 0.25) is 0 Å². The van der Waals surface area contributed by atoms with E-state index in [9.17, 15) is 9.18 Å². The Bertz CT molecular complexity index is 1480. The van der Waals surface area contributed by atoms with E-state index in [1.54, 1.807) is 18.6 Å². The molecule has 0 spiro atoms. The standard InChI is InChI=1S/C25H22F2N6O2/c1-14-5-4-6-16-11-28-12-17(19(14)16)21-20(27)22-18(13-29-21)23(31-25(30-22)35-3)32-7-9-33(10-8-32)24(34)15(2)26/h4-6,11-13H,2,7-10H2,1,3H3. The van der Waals surface area contributed by atoms with Crippen LogP contribution in [0.1, 0.15) is 5.56 Å². The van der Waals surface area contributed by atoms with Crippen LogP contribution in [0.4, 0.5) is 14.6 Å². The third-order valence-corrected chi connectivity index (χ3v) is 6.17. The molecule has 4 heterocycles. The number of piperazine rings is 1. The number of amides is 1. The number of benzene rings is 1. The van der Waals surface area contributed by atoms with Crippen molar-refractivity contribution in [2.75, 3.05) is 38.2 Å². The second kappa shape index (κ2) is 8.86. The number of ether oxygens (including phenoxy) is 1. The minimum absolute atomic E-state index is 0.00594. The number of methoxy groups -OCH3 is 1. The van der Waals surface area contributed by atoms with Gasteiger partial charge in [0, 0.05) is 55.7 Å². The molecule has 1 saturated heterocycles. The van der Waals surface area contributed by atoms with E-state index < -0.39 is 17.6 Å². The Hall–Kier alpha value is -4.21. The van der Waals surface area contributed by atoms with E-state index >= 15 is 4.39 Å². The molecule has 5 rings (SSSR count). The lowest BCUT2D eigenvalue weighted by Gasteiger charge is -2.35. The number of halogens is 2. The first kappa shape index (κ1) is 22.6. The number of carbonyl (C=O) groups is 1. The Labute approximate surface area is 199 Å². The molecular weight excluding hydrogens is 454 g/mol. The zero-order chi connectivity index (χ0) is 24.7. The maximum atomic E-state index is 16.0. The molecule has 0 radical (unpaired) electrons. The van der Waals surface area contributed by atoms with E-state index in [0.717, 1.165) is 16.3 Å². The van der Waals surface area contributed by atoms with Gasteiger partial charge in [0.05, 0.1) is 12.5 Å². The number of nitrogens with zero attached hydrogens (tertiary/aromatic N) is 6. The SMILES string of the molecule is C=C(F)C(=O)N1CCN(c2nc(OC)nc3c(F)c(-c4cncc5cccc(C)c45)ncc23)CC1. The Kier molecular flexibility index (Phi) is 5.72. The van der Waals surface area contributed by atoms with Gasteiger partial charge in [-0.1, -0.05) is 24.8 Å². The summed E-state index contributed by atoms with van der Waals surface area (Å²) in [6.07, 6.45) is 4.87. The minimum Gasteiger partial charge on any atom is -0.467 e. The maximum Gasteiger partial charge on any atom is 0.318 e. The van der Waals surface area contributed by atoms with Crippen LogP contribution < -0.4 is 9.64 Å². The second-order valence-corrected chi connectivity index (χ2v) is 8.26. The molecule has 8 nitrogen and oxygen atoms in total. The van der Waals surface area contributed by atoms with Crippen molar-refractivity contribution in [2.45, 2.75) is 6.92 Å². The summed E-state index contributed by atoms with van der Waals surface area (Å²) < 4.78 is 34.5. The number of pyridine rings is 2. The third kappa shape index (κ3) is 3.90. The van der Waals surface area contributed by atoms with Crippen molar-refractivity contribution < 1.29 is 18.3 Å². The van der Waals surface area contributed by atoms with E-state index in [2.05, 4.69) is 26.5 Å². The molecule has 178 valence electrons. The maximum absolute atomic E-state index is 16.0. The molecule has 35 heavy (non-hydrogen) atoms. The number of anilines is 1. The van der Waals surface area contributed by atoms with E-state index in [4.69, 9.17) is 4.74 Å². The summed E-state index contributed by atoms with van der Waals surface area (Å²) >= 11 is 0. The van der Waals surface area contributed by atoms with Crippen LogP contribution in [-0.4, -0.2) is 64.0 Å². The summed E-state index contributed by atoms with van der Waals surface area (Å²) in [5, 5.41) is 2.16. The molecule has 0 atom stereocenters. The summed E-state index contributed by atoms with van der Waals surface area (Å²) in [5.41, 5.74) is 1.75. The monoisotopic (exact) mass is 476 g/mol. The lowest BCUT2D eigenvalue weighted by atomic mass is 10.00. The normalized spacial score (nSPS) is 13.9. The van der Waals surface area contributed by atoms with Crippen LogP contribution in [0, 0.1) is 12.7 Å². The van der Waals surface area contributed by atoms with Crippen LogP contribution in [0.3, 0.4) is 0 Å². The highest BCUT2D eigenvalue weighted by molar-refractivity contribution is 6.00. The molecule has 1 aliphatic heterocycles. The number of fused-ring (bicyclic) bond motifs is 2. The van der Waals surface area contributed by atoms with Crippen molar-refractivity contribution in [1.29, 1.82) is 0 Å². The van der Waals surface area contributed by atoms with E-state index in [1.165, 1.54) is 12.0 Å². The Morgan fingerprint density at radius 3 is 2.60 bits per heavy atom. The van der Waals surface area contributed by atoms with Gasteiger partial charge in [0.25, 0.3) is 5.91 Å². The molecule has 1 aromatic carbocycles. The summed E-state index contributed by atoms with van der Waals surface area (Å²) in [6.45, 7) is 6.30. The summed E-state index contributed by atoms with van der Waals surface area (Å²) in [5.74, 6) is -1.90.